The molecule has 1 heterocycles. The van der Waals surface area contributed by atoms with E-state index in [4.69, 9.17) is 9.15 Å². The number of nitrogens with one attached hydrogen (secondary N) is 1. The van der Waals surface area contributed by atoms with Crippen molar-refractivity contribution in [1.82, 2.24) is 5.32 Å². The third-order valence-electron chi connectivity index (χ3n) is 3.88. The SMILES string of the molecule is O=C(COC(=O)c1ccc([N+](=O)[O-])o1)NC(c1ccccc1)c1ccccc1. The summed E-state index contributed by atoms with van der Waals surface area (Å²) in [4.78, 5) is 34.0. The van der Waals surface area contributed by atoms with E-state index >= 15 is 0 Å². The summed E-state index contributed by atoms with van der Waals surface area (Å²) in [5.41, 5.74) is 1.74. The van der Waals surface area contributed by atoms with Crippen LogP contribution >= 0.6 is 0 Å². The number of benzene rings is 2. The van der Waals surface area contributed by atoms with Gasteiger partial charge in [0, 0.05) is 0 Å². The highest BCUT2D eigenvalue weighted by Crippen LogP contribution is 2.21. The number of carbonyl (C=O) groups excluding carboxylic acids is 2. The molecule has 0 aliphatic carbocycles. The molecule has 8 heteroatoms. The average molecular weight is 380 g/mol. The molecule has 0 spiro atoms. The second-order valence-electron chi connectivity index (χ2n) is 5.79. The smallest absolute Gasteiger partial charge is 0.433 e. The summed E-state index contributed by atoms with van der Waals surface area (Å²) >= 11 is 0. The minimum absolute atomic E-state index is 0.345. The van der Waals surface area contributed by atoms with Crippen LogP contribution in [0.25, 0.3) is 0 Å². The number of hydrogen-bond acceptors (Lipinski definition) is 6. The number of furan rings is 1. The Bertz CT molecular complexity index is 929. The summed E-state index contributed by atoms with van der Waals surface area (Å²) in [5, 5.41) is 13.4. The van der Waals surface area contributed by atoms with E-state index in [1.165, 1.54) is 0 Å². The van der Waals surface area contributed by atoms with Crippen LogP contribution in [0.15, 0.2) is 77.2 Å². The largest absolute Gasteiger partial charge is 0.450 e. The number of amides is 1. The Labute approximate surface area is 159 Å². The van der Waals surface area contributed by atoms with Crippen molar-refractivity contribution in [2.45, 2.75) is 6.04 Å². The lowest BCUT2D eigenvalue weighted by Gasteiger charge is -2.19. The van der Waals surface area contributed by atoms with Crippen molar-refractivity contribution in [3.63, 3.8) is 0 Å². The number of rotatable bonds is 7. The van der Waals surface area contributed by atoms with Crippen molar-refractivity contribution in [3.05, 3.63) is 99.8 Å². The fourth-order valence-electron chi connectivity index (χ4n) is 2.59. The number of nitrogens with zero attached hydrogens (tertiary/aromatic N) is 1. The molecule has 0 unspecified atom stereocenters. The van der Waals surface area contributed by atoms with Crippen molar-refractivity contribution < 1.29 is 23.7 Å². The first-order valence-corrected chi connectivity index (χ1v) is 8.35. The van der Waals surface area contributed by atoms with Crippen LogP contribution in [0.3, 0.4) is 0 Å². The van der Waals surface area contributed by atoms with Crippen LogP contribution in [-0.2, 0) is 9.53 Å². The molecule has 0 saturated carbocycles. The normalized spacial score (nSPS) is 10.5. The Kier molecular flexibility index (Phi) is 5.81. The predicted molar refractivity (Wildman–Crippen MR) is 98.5 cm³/mol. The molecule has 0 radical (unpaired) electrons. The number of esters is 1. The maximum Gasteiger partial charge on any atom is 0.433 e. The quantitative estimate of drug-likeness (QED) is 0.383. The minimum atomic E-state index is -0.959. The summed E-state index contributed by atoms with van der Waals surface area (Å²) in [6, 6.07) is 20.5. The van der Waals surface area contributed by atoms with Gasteiger partial charge in [0.1, 0.15) is 4.92 Å². The molecule has 3 aromatic rings. The molecule has 1 aromatic heterocycles. The zero-order valence-electron chi connectivity index (χ0n) is 14.6. The van der Waals surface area contributed by atoms with E-state index < -0.39 is 35.3 Å². The van der Waals surface area contributed by atoms with E-state index in [1.54, 1.807) is 0 Å². The van der Waals surface area contributed by atoms with Crippen LogP contribution in [0, 0.1) is 10.1 Å². The fourth-order valence-corrected chi connectivity index (χ4v) is 2.59. The number of ether oxygens (including phenoxy) is 1. The summed E-state index contributed by atoms with van der Waals surface area (Å²) in [6.45, 7) is -0.552. The standard InChI is InChI=1S/C20H16N2O6/c23-17(13-27-20(24)16-11-12-18(28-16)22(25)26)21-19(14-7-3-1-4-8-14)15-9-5-2-6-10-15/h1-12,19H,13H2,(H,21,23). The van der Waals surface area contributed by atoms with Crippen molar-refractivity contribution in [2.75, 3.05) is 6.61 Å². The molecule has 2 aromatic carbocycles. The Balaban J connectivity index is 1.65. The number of carbonyl (C=O) groups is 2. The summed E-state index contributed by atoms with van der Waals surface area (Å²) < 4.78 is 9.64. The lowest BCUT2D eigenvalue weighted by Crippen LogP contribution is -2.33. The molecule has 0 fully saturated rings. The Morgan fingerprint density at radius 2 is 1.54 bits per heavy atom. The van der Waals surface area contributed by atoms with Crippen LogP contribution in [0.4, 0.5) is 5.88 Å². The van der Waals surface area contributed by atoms with Gasteiger partial charge in [-0.3, -0.25) is 14.9 Å². The van der Waals surface area contributed by atoms with Gasteiger partial charge in [-0.05, 0) is 17.2 Å². The van der Waals surface area contributed by atoms with Gasteiger partial charge < -0.3 is 14.5 Å². The van der Waals surface area contributed by atoms with E-state index in [-0.39, 0.29) is 5.76 Å². The van der Waals surface area contributed by atoms with Gasteiger partial charge in [-0.25, -0.2) is 4.79 Å². The maximum atomic E-state index is 12.3. The van der Waals surface area contributed by atoms with Gasteiger partial charge in [-0.1, -0.05) is 60.7 Å². The van der Waals surface area contributed by atoms with Gasteiger partial charge in [-0.15, -0.1) is 0 Å². The zero-order valence-corrected chi connectivity index (χ0v) is 14.6. The van der Waals surface area contributed by atoms with Gasteiger partial charge >= 0.3 is 11.9 Å². The second kappa shape index (κ2) is 8.63. The molecular weight excluding hydrogens is 364 g/mol. The van der Waals surface area contributed by atoms with Crippen molar-refractivity contribution in [2.24, 2.45) is 0 Å². The highest BCUT2D eigenvalue weighted by atomic mass is 16.7. The van der Waals surface area contributed by atoms with Crippen molar-refractivity contribution >= 4 is 17.8 Å². The van der Waals surface area contributed by atoms with Crippen LogP contribution in [0.5, 0.6) is 0 Å². The van der Waals surface area contributed by atoms with Gasteiger partial charge in [0.25, 0.3) is 5.91 Å². The van der Waals surface area contributed by atoms with Crippen LogP contribution < -0.4 is 5.32 Å². The molecule has 1 amide bonds. The van der Waals surface area contributed by atoms with Gasteiger partial charge in [0.15, 0.2) is 6.61 Å². The molecule has 0 saturated heterocycles. The maximum absolute atomic E-state index is 12.3. The molecule has 0 aliphatic rings. The minimum Gasteiger partial charge on any atom is -0.450 e. The topological polar surface area (TPSA) is 112 Å². The zero-order chi connectivity index (χ0) is 19.9. The molecular formula is C20H16N2O6. The summed E-state index contributed by atoms with van der Waals surface area (Å²) in [6.07, 6.45) is 0. The third-order valence-corrected chi connectivity index (χ3v) is 3.88. The molecule has 28 heavy (non-hydrogen) atoms. The van der Waals surface area contributed by atoms with E-state index in [2.05, 4.69) is 5.32 Å². The molecule has 3 rings (SSSR count). The molecule has 0 bridgehead atoms. The van der Waals surface area contributed by atoms with Crippen LogP contribution in [0.2, 0.25) is 0 Å². The van der Waals surface area contributed by atoms with E-state index in [0.29, 0.717) is 0 Å². The lowest BCUT2D eigenvalue weighted by molar-refractivity contribution is -0.402. The van der Waals surface area contributed by atoms with Crippen LogP contribution in [-0.4, -0.2) is 23.4 Å². The Hall–Kier alpha value is -3.94. The van der Waals surface area contributed by atoms with Gasteiger partial charge in [-0.2, -0.15) is 0 Å². The van der Waals surface area contributed by atoms with Gasteiger partial charge in [0.2, 0.25) is 5.76 Å². The van der Waals surface area contributed by atoms with E-state index in [1.807, 2.05) is 60.7 Å². The predicted octanol–water partition coefficient (Wildman–Crippen LogP) is 3.25. The summed E-state index contributed by atoms with van der Waals surface area (Å²) in [7, 11) is 0. The van der Waals surface area contributed by atoms with E-state index in [0.717, 1.165) is 23.3 Å². The monoisotopic (exact) mass is 380 g/mol. The Morgan fingerprint density at radius 3 is 2.04 bits per heavy atom. The highest BCUT2D eigenvalue weighted by molar-refractivity contribution is 5.89. The summed E-state index contributed by atoms with van der Waals surface area (Å²) in [5.74, 6) is -2.40. The molecule has 142 valence electrons. The van der Waals surface area contributed by atoms with E-state index in [9.17, 15) is 19.7 Å². The van der Waals surface area contributed by atoms with Gasteiger partial charge in [0.05, 0.1) is 12.1 Å². The highest BCUT2D eigenvalue weighted by Gasteiger charge is 2.21. The lowest BCUT2D eigenvalue weighted by atomic mass is 9.99. The second-order valence-corrected chi connectivity index (χ2v) is 5.79. The average Bonchev–Trinajstić information content (AvgIpc) is 3.22. The first-order chi connectivity index (χ1) is 13.5. The first-order valence-electron chi connectivity index (χ1n) is 8.35. The Morgan fingerprint density at radius 1 is 0.964 bits per heavy atom. The molecule has 0 atom stereocenters. The number of nitro groups is 1. The number of hydrogen-bond donors (Lipinski definition) is 1. The van der Waals surface area contributed by atoms with Crippen LogP contribution in [0.1, 0.15) is 27.7 Å². The molecule has 1 N–H and O–H groups in total. The molecule has 0 aliphatic heterocycles. The third kappa shape index (κ3) is 4.61. The first kappa shape index (κ1) is 18.8. The van der Waals surface area contributed by atoms with Crippen molar-refractivity contribution in [3.8, 4) is 0 Å². The molecule has 8 nitrogen and oxygen atoms in total. The fraction of sp³-hybridized carbons (Fsp3) is 0.100. The van der Waals surface area contributed by atoms with Crippen molar-refractivity contribution in [1.29, 1.82) is 0 Å².